The van der Waals surface area contributed by atoms with E-state index in [9.17, 15) is 4.39 Å². The molecule has 1 N–H and O–H groups in total. The molecule has 2 nitrogen and oxygen atoms in total. The summed E-state index contributed by atoms with van der Waals surface area (Å²) < 4.78 is 19.2. The molecule has 1 fully saturated rings. The second-order valence-electron chi connectivity index (χ2n) is 4.44. The minimum atomic E-state index is -0.311. The van der Waals surface area contributed by atoms with Crippen molar-refractivity contribution in [2.75, 3.05) is 0 Å². The number of ether oxygens (including phenoxy) is 1. The Morgan fingerprint density at radius 1 is 1.59 bits per heavy atom. The molecule has 17 heavy (non-hydrogen) atoms. The molecule has 2 rings (SSSR count). The van der Waals surface area contributed by atoms with Gasteiger partial charge >= 0.3 is 0 Å². The molecule has 0 bridgehead atoms. The van der Waals surface area contributed by atoms with Gasteiger partial charge in [-0.15, -0.1) is 0 Å². The normalized spacial score (nSPS) is 16.6. The van der Waals surface area contributed by atoms with Crippen LogP contribution in [0.3, 0.4) is 0 Å². The van der Waals surface area contributed by atoms with Crippen molar-refractivity contribution in [2.45, 2.75) is 38.5 Å². The van der Waals surface area contributed by atoms with Crippen molar-refractivity contribution in [2.24, 2.45) is 0 Å². The molecule has 1 atom stereocenters. The first-order valence-corrected chi connectivity index (χ1v) is 6.00. The van der Waals surface area contributed by atoms with E-state index in [0.29, 0.717) is 18.3 Å². The van der Waals surface area contributed by atoms with Crippen molar-refractivity contribution >= 4 is 0 Å². The number of hydrogen-bond donors (Lipinski definition) is 1. The quantitative estimate of drug-likeness (QED) is 0.765. The van der Waals surface area contributed by atoms with Crippen LogP contribution < -0.4 is 10.1 Å². The second-order valence-corrected chi connectivity index (χ2v) is 4.44. The maximum Gasteiger partial charge on any atom is 0.165 e. The van der Waals surface area contributed by atoms with E-state index in [2.05, 4.69) is 11.9 Å². The topological polar surface area (TPSA) is 21.3 Å². The van der Waals surface area contributed by atoms with Crippen molar-refractivity contribution in [1.82, 2.24) is 5.32 Å². The fraction of sp³-hybridized carbons (Fsp3) is 0.429. The monoisotopic (exact) mass is 235 g/mol. The largest absolute Gasteiger partial charge is 0.483 e. The SMILES string of the molecule is C=CC(C)Oc1c(F)cccc1CNC1CC1. The summed E-state index contributed by atoms with van der Waals surface area (Å²) in [6.07, 6.45) is 3.90. The van der Waals surface area contributed by atoms with E-state index >= 15 is 0 Å². The van der Waals surface area contributed by atoms with Crippen LogP contribution in [0.15, 0.2) is 30.9 Å². The van der Waals surface area contributed by atoms with Gasteiger partial charge in [0.1, 0.15) is 6.10 Å². The molecule has 1 aromatic carbocycles. The first-order chi connectivity index (χ1) is 8.20. The number of nitrogens with one attached hydrogen (secondary N) is 1. The van der Waals surface area contributed by atoms with Gasteiger partial charge in [-0.05, 0) is 25.8 Å². The molecule has 1 aromatic rings. The predicted octanol–water partition coefficient (Wildman–Crippen LogP) is 3.03. The van der Waals surface area contributed by atoms with Gasteiger partial charge in [0, 0.05) is 18.2 Å². The number of benzene rings is 1. The highest BCUT2D eigenvalue weighted by molar-refractivity contribution is 5.35. The third-order valence-corrected chi connectivity index (χ3v) is 2.84. The smallest absolute Gasteiger partial charge is 0.165 e. The molecular weight excluding hydrogens is 217 g/mol. The maximum absolute atomic E-state index is 13.7. The maximum atomic E-state index is 13.7. The van der Waals surface area contributed by atoms with Gasteiger partial charge in [0.15, 0.2) is 11.6 Å². The van der Waals surface area contributed by atoms with Gasteiger partial charge in [-0.2, -0.15) is 0 Å². The van der Waals surface area contributed by atoms with Gasteiger partial charge in [-0.3, -0.25) is 0 Å². The Morgan fingerprint density at radius 3 is 3.00 bits per heavy atom. The molecule has 0 aromatic heterocycles. The molecule has 1 unspecified atom stereocenters. The Bertz CT molecular complexity index is 401. The van der Waals surface area contributed by atoms with Gasteiger partial charge in [-0.25, -0.2) is 4.39 Å². The minimum Gasteiger partial charge on any atom is -0.483 e. The lowest BCUT2D eigenvalue weighted by Crippen LogP contribution is -2.18. The Kier molecular flexibility index (Phi) is 3.79. The highest BCUT2D eigenvalue weighted by Crippen LogP contribution is 2.26. The second kappa shape index (κ2) is 5.32. The van der Waals surface area contributed by atoms with Crippen molar-refractivity contribution in [3.8, 4) is 5.75 Å². The first kappa shape index (κ1) is 12.1. The molecule has 3 heteroatoms. The van der Waals surface area contributed by atoms with Crippen LogP contribution in [-0.4, -0.2) is 12.1 Å². The van der Waals surface area contributed by atoms with E-state index in [4.69, 9.17) is 4.74 Å². The Balaban J connectivity index is 2.10. The fourth-order valence-electron chi connectivity index (χ4n) is 1.60. The Labute approximate surface area is 101 Å². The van der Waals surface area contributed by atoms with Crippen molar-refractivity contribution < 1.29 is 9.13 Å². The van der Waals surface area contributed by atoms with Gasteiger partial charge in [0.25, 0.3) is 0 Å². The van der Waals surface area contributed by atoms with Gasteiger partial charge in [0.05, 0.1) is 0 Å². The van der Waals surface area contributed by atoms with Crippen LogP contribution in [0.4, 0.5) is 4.39 Å². The van der Waals surface area contributed by atoms with E-state index in [1.807, 2.05) is 13.0 Å². The van der Waals surface area contributed by atoms with E-state index in [-0.39, 0.29) is 11.9 Å². The summed E-state index contributed by atoms with van der Waals surface area (Å²) in [5.74, 6) is 0.0295. The Morgan fingerprint density at radius 2 is 2.35 bits per heavy atom. The van der Waals surface area contributed by atoms with Crippen molar-refractivity contribution in [3.63, 3.8) is 0 Å². The summed E-state index contributed by atoms with van der Waals surface area (Å²) in [7, 11) is 0. The minimum absolute atomic E-state index is 0.188. The standard InChI is InChI=1S/C14H18FNO/c1-3-10(2)17-14-11(5-4-6-13(14)15)9-16-12-7-8-12/h3-6,10,12,16H,1,7-9H2,2H3. The highest BCUT2D eigenvalue weighted by Gasteiger charge is 2.21. The van der Waals surface area contributed by atoms with E-state index in [0.717, 1.165) is 5.56 Å². The average molecular weight is 235 g/mol. The van der Waals surface area contributed by atoms with E-state index in [1.54, 1.807) is 12.1 Å². The predicted molar refractivity (Wildman–Crippen MR) is 66.5 cm³/mol. The van der Waals surface area contributed by atoms with Crippen molar-refractivity contribution in [1.29, 1.82) is 0 Å². The lowest BCUT2D eigenvalue weighted by atomic mass is 10.2. The van der Waals surface area contributed by atoms with Crippen LogP contribution in [-0.2, 0) is 6.54 Å². The van der Waals surface area contributed by atoms with Crippen LogP contribution in [0, 0.1) is 5.82 Å². The average Bonchev–Trinajstić information content (AvgIpc) is 3.13. The van der Waals surface area contributed by atoms with Gasteiger partial charge < -0.3 is 10.1 Å². The third kappa shape index (κ3) is 3.30. The zero-order valence-electron chi connectivity index (χ0n) is 10.1. The zero-order chi connectivity index (χ0) is 12.3. The first-order valence-electron chi connectivity index (χ1n) is 6.00. The van der Waals surface area contributed by atoms with E-state index in [1.165, 1.54) is 18.9 Å². The number of para-hydroxylation sites is 1. The number of rotatable bonds is 6. The molecule has 0 saturated heterocycles. The summed E-state index contributed by atoms with van der Waals surface area (Å²) in [6, 6.07) is 5.63. The number of hydrogen-bond acceptors (Lipinski definition) is 2. The Hall–Kier alpha value is -1.35. The molecule has 0 spiro atoms. The molecule has 1 saturated carbocycles. The zero-order valence-corrected chi connectivity index (χ0v) is 10.1. The molecule has 1 aliphatic carbocycles. The number of halogens is 1. The van der Waals surface area contributed by atoms with Crippen LogP contribution in [0.25, 0.3) is 0 Å². The van der Waals surface area contributed by atoms with Crippen molar-refractivity contribution in [3.05, 3.63) is 42.2 Å². The van der Waals surface area contributed by atoms with Gasteiger partial charge in [0.2, 0.25) is 0 Å². The van der Waals surface area contributed by atoms with Crippen LogP contribution in [0.1, 0.15) is 25.3 Å². The van der Waals surface area contributed by atoms with Crippen LogP contribution in [0.2, 0.25) is 0 Å². The van der Waals surface area contributed by atoms with Crippen LogP contribution in [0.5, 0.6) is 5.75 Å². The third-order valence-electron chi connectivity index (χ3n) is 2.84. The lowest BCUT2D eigenvalue weighted by molar-refractivity contribution is 0.253. The van der Waals surface area contributed by atoms with E-state index < -0.39 is 0 Å². The van der Waals surface area contributed by atoms with Crippen LogP contribution >= 0.6 is 0 Å². The summed E-state index contributed by atoms with van der Waals surface area (Å²) >= 11 is 0. The fourth-order valence-corrected chi connectivity index (χ4v) is 1.60. The summed E-state index contributed by atoms with van der Waals surface area (Å²) in [6.45, 7) is 6.14. The molecule has 1 aliphatic rings. The van der Waals surface area contributed by atoms with Gasteiger partial charge in [-0.1, -0.05) is 24.8 Å². The molecule has 0 amide bonds. The summed E-state index contributed by atoms with van der Waals surface area (Å²) in [4.78, 5) is 0. The highest BCUT2D eigenvalue weighted by atomic mass is 19.1. The molecular formula is C14H18FNO. The molecule has 92 valence electrons. The summed E-state index contributed by atoms with van der Waals surface area (Å²) in [5.41, 5.74) is 0.866. The molecule has 0 radical (unpaired) electrons. The summed E-state index contributed by atoms with van der Waals surface area (Å²) in [5, 5.41) is 3.36. The molecule has 0 heterocycles. The molecule has 0 aliphatic heterocycles. The lowest BCUT2D eigenvalue weighted by Gasteiger charge is -2.15.